The van der Waals surface area contributed by atoms with Crippen LogP contribution in [0.3, 0.4) is 0 Å². The number of aryl methyl sites for hydroxylation is 1. The molecule has 0 saturated carbocycles. The van der Waals surface area contributed by atoms with Gasteiger partial charge in [0.1, 0.15) is 11.6 Å². The van der Waals surface area contributed by atoms with Crippen molar-refractivity contribution in [2.75, 3.05) is 38.6 Å². The molecule has 2 amide bonds. The number of anilines is 1. The van der Waals surface area contributed by atoms with Crippen LogP contribution in [0.15, 0.2) is 42.5 Å². The molecule has 1 N–H and O–H groups in total. The zero-order valence-corrected chi connectivity index (χ0v) is 19.5. The third kappa shape index (κ3) is 5.01. The highest BCUT2D eigenvalue weighted by Gasteiger charge is 2.22. The van der Waals surface area contributed by atoms with E-state index in [9.17, 15) is 9.59 Å². The lowest BCUT2D eigenvalue weighted by Crippen LogP contribution is -2.48. The number of benzene rings is 2. The monoisotopic (exact) mass is 449 g/mol. The first-order valence-corrected chi connectivity index (χ1v) is 11.5. The van der Waals surface area contributed by atoms with Crippen LogP contribution in [0.1, 0.15) is 36.5 Å². The van der Waals surface area contributed by atoms with Gasteiger partial charge in [0.15, 0.2) is 0 Å². The summed E-state index contributed by atoms with van der Waals surface area (Å²) in [6, 6.07) is 12.9. The second kappa shape index (κ2) is 10.0. The molecule has 33 heavy (non-hydrogen) atoms. The number of hydrogen-bond acceptors (Lipinski definition) is 5. The molecule has 0 bridgehead atoms. The van der Waals surface area contributed by atoms with E-state index in [4.69, 9.17) is 9.72 Å². The fraction of sp³-hybridized carbons (Fsp3) is 0.400. The molecule has 174 valence electrons. The molecule has 3 aromatic rings. The lowest BCUT2D eigenvalue weighted by atomic mass is 10.2. The molecule has 4 rings (SSSR count). The van der Waals surface area contributed by atoms with Crippen molar-refractivity contribution in [3.05, 3.63) is 53.9 Å². The van der Waals surface area contributed by atoms with Gasteiger partial charge in [0.05, 0.1) is 24.7 Å². The minimum absolute atomic E-state index is 0.174. The van der Waals surface area contributed by atoms with Crippen LogP contribution in [0.5, 0.6) is 5.75 Å². The van der Waals surface area contributed by atoms with Crippen LogP contribution < -0.4 is 10.1 Å². The van der Waals surface area contributed by atoms with Gasteiger partial charge in [-0.1, -0.05) is 6.92 Å². The molecule has 2 heterocycles. The molecule has 0 aliphatic carbocycles. The highest BCUT2D eigenvalue weighted by molar-refractivity contribution is 6.05. The Morgan fingerprint density at radius 1 is 1.03 bits per heavy atom. The third-order valence-electron chi connectivity index (χ3n) is 6.15. The number of fused-ring (bicyclic) bond motifs is 1. The zero-order valence-electron chi connectivity index (χ0n) is 19.5. The van der Waals surface area contributed by atoms with Crippen molar-refractivity contribution in [1.29, 1.82) is 0 Å². The highest BCUT2D eigenvalue weighted by atomic mass is 16.5. The van der Waals surface area contributed by atoms with E-state index in [-0.39, 0.29) is 11.8 Å². The number of hydrogen-bond donors (Lipinski definition) is 1. The quantitative estimate of drug-likeness (QED) is 0.598. The number of nitrogens with zero attached hydrogens (tertiary/aromatic N) is 4. The van der Waals surface area contributed by atoms with Gasteiger partial charge in [0.25, 0.3) is 5.91 Å². The molecule has 1 aromatic heterocycles. The summed E-state index contributed by atoms with van der Waals surface area (Å²) in [6.07, 6.45) is 0.558. The molecule has 1 aliphatic heterocycles. The summed E-state index contributed by atoms with van der Waals surface area (Å²) in [6.45, 7) is 8.81. The van der Waals surface area contributed by atoms with Gasteiger partial charge in [0.2, 0.25) is 5.91 Å². The van der Waals surface area contributed by atoms with Crippen LogP contribution in [-0.4, -0.2) is 64.5 Å². The number of imidazole rings is 1. The molecule has 1 fully saturated rings. The van der Waals surface area contributed by atoms with Crippen molar-refractivity contribution < 1.29 is 14.3 Å². The predicted molar refractivity (Wildman–Crippen MR) is 129 cm³/mol. The maximum absolute atomic E-state index is 12.6. The number of ether oxygens (including phenoxy) is 1. The zero-order chi connectivity index (χ0) is 23.4. The van der Waals surface area contributed by atoms with E-state index in [2.05, 4.69) is 21.7 Å². The highest BCUT2D eigenvalue weighted by Crippen LogP contribution is 2.23. The first-order chi connectivity index (χ1) is 16.0. The Kier molecular flexibility index (Phi) is 6.93. The minimum Gasteiger partial charge on any atom is -0.497 e. The Hall–Kier alpha value is -3.39. The van der Waals surface area contributed by atoms with Crippen molar-refractivity contribution in [3.63, 3.8) is 0 Å². The Bertz CT molecular complexity index is 1130. The minimum atomic E-state index is -0.174. The van der Waals surface area contributed by atoms with Crippen molar-refractivity contribution in [2.45, 2.75) is 33.4 Å². The molecule has 0 unspecified atom stereocenters. The first kappa shape index (κ1) is 22.8. The van der Waals surface area contributed by atoms with Gasteiger partial charge in [-0.2, -0.15) is 0 Å². The molecular formula is C25H31N5O3. The maximum Gasteiger partial charge on any atom is 0.255 e. The summed E-state index contributed by atoms with van der Waals surface area (Å²) in [7, 11) is 1.60. The average molecular weight is 450 g/mol. The van der Waals surface area contributed by atoms with Gasteiger partial charge in [-0.25, -0.2) is 4.98 Å². The lowest BCUT2D eigenvalue weighted by Gasteiger charge is -2.34. The third-order valence-corrected chi connectivity index (χ3v) is 6.15. The van der Waals surface area contributed by atoms with Gasteiger partial charge in [-0.3, -0.25) is 14.5 Å². The Balaban J connectivity index is 1.47. The fourth-order valence-corrected chi connectivity index (χ4v) is 4.26. The average Bonchev–Trinajstić information content (AvgIpc) is 3.20. The maximum atomic E-state index is 12.6. The van der Waals surface area contributed by atoms with Crippen molar-refractivity contribution in [1.82, 2.24) is 19.4 Å². The van der Waals surface area contributed by atoms with Crippen molar-refractivity contribution in [2.24, 2.45) is 0 Å². The van der Waals surface area contributed by atoms with Gasteiger partial charge in [-0.05, 0) is 49.4 Å². The Morgan fingerprint density at radius 3 is 2.39 bits per heavy atom. The lowest BCUT2D eigenvalue weighted by molar-refractivity contribution is -0.132. The van der Waals surface area contributed by atoms with E-state index in [1.54, 1.807) is 31.4 Å². The van der Waals surface area contributed by atoms with Gasteiger partial charge in [0, 0.05) is 50.4 Å². The van der Waals surface area contributed by atoms with Crippen molar-refractivity contribution >= 4 is 28.5 Å². The summed E-state index contributed by atoms with van der Waals surface area (Å²) < 4.78 is 7.37. The molecule has 1 aliphatic rings. The topological polar surface area (TPSA) is 79.7 Å². The summed E-state index contributed by atoms with van der Waals surface area (Å²) >= 11 is 0. The largest absolute Gasteiger partial charge is 0.497 e. The van der Waals surface area contributed by atoms with E-state index in [1.165, 1.54) is 0 Å². The number of aromatic nitrogens is 2. The number of carbonyl (C=O) groups excluding carboxylic acids is 2. The van der Waals surface area contributed by atoms with E-state index < -0.39 is 0 Å². The van der Waals surface area contributed by atoms with Gasteiger partial charge >= 0.3 is 0 Å². The Labute approximate surface area is 194 Å². The molecule has 0 spiro atoms. The molecule has 1 saturated heterocycles. The molecule has 8 nitrogen and oxygen atoms in total. The van der Waals surface area contributed by atoms with Crippen LogP contribution in [0.4, 0.5) is 5.69 Å². The molecular weight excluding hydrogens is 418 g/mol. The molecule has 2 aromatic carbocycles. The van der Waals surface area contributed by atoms with E-state index >= 15 is 0 Å². The number of methoxy groups -OCH3 is 1. The number of nitrogens with one attached hydrogen (secondary N) is 1. The number of amides is 2. The summed E-state index contributed by atoms with van der Waals surface area (Å²) in [5, 5.41) is 2.96. The van der Waals surface area contributed by atoms with E-state index in [1.807, 2.05) is 30.0 Å². The van der Waals surface area contributed by atoms with Gasteiger partial charge in [-0.15, -0.1) is 0 Å². The van der Waals surface area contributed by atoms with E-state index in [0.717, 1.165) is 56.1 Å². The normalized spacial score (nSPS) is 14.5. The second-order valence-corrected chi connectivity index (χ2v) is 8.17. The van der Waals surface area contributed by atoms with Gasteiger partial charge < -0.3 is 19.5 Å². The fourth-order valence-electron chi connectivity index (χ4n) is 4.26. The van der Waals surface area contributed by atoms with Crippen LogP contribution in [0, 0.1) is 0 Å². The molecule has 0 radical (unpaired) electrons. The predicted octanol–water partition coefficient (Wildman–Crippen LogP) is 3.37. The summed E-state index contributed by atoms with van der Waals surface area (Å²) in [5.41, 5.74) is 3.19. The smallest absolute Gasteiger partial charge is 0.255 e. The van der Waals surface area contributed by atoms with Crippen molar-refractivity contribution in [3.8, 4) is 5.75 Å². The van der Waals surface area contributed by atoms with Crippen LogP contribution in [-0.2, 0) is 17.9 Å². The second-order valence-electron chi connectivity index (χ2n) is 8.17. The van der Waals surface area contributed by atoms with Crippen LogP contribution >= 0.6 is 0 Å². The SMILES string of the molecule is CCC(=O)N1CCN(Cc2nc3cc(NC(=O)c4ccc(OC)cc4)ccc3n2CC)CC1. The summed E-state index contributed by atoms with van der Waals surface area (Å²) in [4.78, 5) is 33.7. The van der Waals surface area contributed by atoms with Crippen LogP contribution in [0.2, 0.25) is 0 Å². The Morgan fingerprint density at radius 2 is 1.76 bits per heavy atom. The molecule has 0 atom stereocenters. The first-order valence-electron chi connectivity index (χ1n) is 11.5. The number of carbonyl (C=O) groups is 2. The number of rotatable bonds is 7. The summed E-state index contributed by atoms with van der Waals surface area (Å²) in [5.74, 6) is 1.76. The standard InChI is InChI=1S/C25H31N5O3/c1-4-24(31)29-14-12-28(13-15-29)17-23-27-21-16-19(8-11-22(21)30(23)5-2)26-25(32)18-6-9-20(33-3)10-7-18/h6-11,16H,4-5,12-15,17H2,1-3H3,(H,26,32). The number of piperazine rings is 1. The molecule has 8 heteroatoms. The van der Waals surface area contributed by atoms with E-state index in [0.29, 0.717) is 23.4 Å². The van der Waals surface area contributed by atoms with Crippen LogP contribution in [0.25, 0.3) is 11.0 Å².